The number of aliphatic carboxylic acids is 1. The third kappa shape index (κ3) is 63.0. The average Bonchev–Trinajstić information content (AvgIpc) is 3.45. The van der Waals surface area contributed by atoms with E-state index < -0.39 is 24.3 Å². The van der Waals surface area contributed by atoms with Gasteiger partial charge in [-0.15, -0.1) is 0 Å². The Morgan fingerprint density at radius 1 is 0.378 bits per heavy atom. The van der Waals surface area contributed by atoms with Gasteiger partial charge in [-0.2, -0.15) is 0 Å². The highest BCUT2D eigenvalue weighted by atomic mass is 16.7. The number of quaternary nitrogens is 1. The second-order valence-electron chi connectivity index (χ2n) is 22.7. The highest BCUT2D eigenvalue weighted by Gasteiger charge is 2.25. The van der Waals surface area contributed by atoms with Crippen molar-refractivity contribution in [2.24, 2.45) is 0 Å². The molecule has 0 saturated heterocycles. The van der Waals surface area contributed by atoms with Gasteiger partial charge in [0.15, 0.2) is 6.10 Å². The Morgan fingerprint density at radius 3 is 1.04 bits per heavy atom. The molecule has 0 spiro atoms. The molecule has 0 aliphatic heterocycles. The number of carbonyl (C=O) groups excluding carboxylic acids is 2. The van der Waals surface area contributed by atoms with Crippen LogP contribution >= 0.6 is 0 Å². The lowest BCUT2D eigenvalue weighted by Crippen LogP contribution is -2.40. The van der Waals surface area contributed by atoms with Crippen LogP contribution in [0.3, 0.4) is 0 Å². The van der Waals surface area contributed by atoms with Crippen molar-refractivity contribution in [1.29, 1.82) is 0 Å². The fraction of sp³-hybridized carbons (Fsp3) is 0.658. The Hall–Kier alpha value is -4.57. The molecule has 2 unspecified atom stereocenters. The summed E-state index contributed by atoms with van der Waals surface area (Å²) in [4.78, 5) is 37.5. The molecule has 0 aromatic heterocycles. The summed E-state index contributed by atoms with van der Waals surface area (Å²) in [5.41, 5.74) is 0. The minimum Gasteiger partial charge on any atom is -0.477 e. The van der Waals surface area contributed by atoms with Crippen molar-refractivity contribution in [3.8, 4) is 0 Å². The first kappa shape index (κ1) is 77.4. The van der Waals surface area contributed by atoms with Crippen LogP contribution in [0, 0.1) is 0 Å². The van der Waals surface area contributed by atoms with Crippen LogP contribution in [-0.4, -0.2) is 87.4 Å². The van der Waals surface area contributed by atoms with E-state index in [-0.39, 0.29) is 32.2 Å². The number of carboxylic acid groups (broad SMARTS) is 1. The van der Waals surface area contributed by atoms with Crippen molar-refractivity contribution in [2.75, 3.05) is 47.5 Å². The maximum atomic E-state index is 12.9. The molecule has 0 saturated carbocycles. The minimum absolute atomic E-state index is 0.178. The monoisotopic (exact) mass is 1140 g/mol. The topological polar surface area (TPSA) is 108 Å². The number of allylic oxidation sites excluding steroid dienone is 22. The van der Waals surface area contributed by atoms with Crippen LogP contribution in [0.4, 0.5) is 0 Å². The molecule has 0 rings (SSSR count). The maximum Gasteiger partial charge on any atom is 0.361 e. The van der Waals surface area contributed by atoms with Gasteiger partial charge >= 0.3 is 17.9 Å². The number of ether oxygens (including phenoxy) is 4. The van der Waals surface area contributed by atoms with Gasteiger partial charge in [-0.05, 0) is 96.3 Å². The van der Waals surface area contributed by atoms with Gasteiger partial charge in [-0.3, -0.25) is 9.59 Å². The second kappa shape index (κ2) is 62.5. The molecule has 2 atom stereocenters. The first-order valence-electron chi connectivity index (χ1n) is 32.8. The lowest BCUT2D eigenvalue weighted by molar-refractivity contribution is -0.870. The van der Waals surface area contributed by atoms with E-state index in [1.165, 1.54) is 96.3 Å². The number of esters is 2. The van der Waals surface area contributed by atoms with Crippen LogP contribution < -0.4 is 0 Å². The van der Waals surface area contributed by atoms with E-state index in [2.05, 4.69) is 148 Å². The summed E-state index contributed by atoms with van der Waals surface area (Å²) in [6.45, 7) is 4.75. The normalized spacial score (nSPS) is 13.6. The molecule has 0 amide bonds. The van der Waals surface area contributed by atoms with E-state index in [9.17, 15) is 19.5 Å². The van der Waals surface area contributed by atoms with Crippen LogP contribution in [0.5, 0.6) is 0 Å². The summed E-state index contributed by atoms with van der Waals surface area (Å²) in [6, 6.07) is 0. The number of rotatable bonds is 59. The van der Waals surface area contributed by atoms with Crippen molar-refractivity contribution in [3.05, 3.63) is 134 Å². The quantitative estimate of drug-likeness (QED) is 0.0211. The van der Waals surface area contributed by atoms with Crippen molar-refractivity contribution in [1.82, 2.24) is 0 Å². The molecule has 1 N–H and O–H groups in total. The van der Waals surface area contributed by atoms with Gasteiger partial charge in [0.2, 0.25) is 0 Å². The molecule has 0 aromatic rings. The molecule has 0 heterocycles. The Balaban J connectivity index is 4.23. The second-order valence-corrected chi connectivity index (χ2v) is 22.7. The predicted molar refractivity (Wildman–Crippen MR) is 350 cm³/mol. The molecule has 82 heavy (non-hydrogen) atoms. The zero-order valence-corrected chi connectivity index (χ0v) is 53.1. The van der Waals surface area contributed by atoms with E-state index in [1.54, 1.807) is 0 Å². The van der Waals surface area contributed by atoms with Gasteiger partial charge in [0.1, 0.15) is 13.2 Å². The molecular weight excluding hydrogens is 1020 g/mol. The zero-order valence-electron chi connectivity index (χ0n) is 53.1. The molecular formula is C73H122NO8+. The Morgan fingerprint density at radius 2 is 0.695 bits per heavy atom. The van der Waals surface area contributed by atoms with Crippen molar-refractivity contribution >= 4 is 17.9 Å². The average molecular weight is 1140 g/mol. The summed E-state index contributed by atoms with van der Waals surface area (Å²) in [5.74, 6) is -2.04. The SMILES string of the molecule is CC/C=C\C/C=C\C/C=C\C/C=C\C/C=C\C/C=C\C/C=C\C/C=C\C/C=C\C/C=C\C/C=C\CCCCCCCC(=O)OC(COC(=O)CCCCCCCCCCCCCCCCCCCC)COC(OCC[N+](C)(C)C)C(=O)O. The summed E-state index contributed by atoms with van der Waals surface area (Å²) < 4.78 is 22.9. The Bertz CT molecular complexity index is 1810. The third-order valence-corrected chi connectivity index (χ3v) is 13.7. The van der Waals surface area contributed by atoms with E-state index in [4.69, 9.17) is 18.9 Å². The molecule has 9 nitrogen and oxygen atoms in total. The Kier molecular flexibility index (Phi) is 59.0. The van der Waals surface area contributed by atoms with Gasteiger partial charge in [-0.25, -0.2) is 4.79 Å². The largest absolute Gasteiger partial charge is 0.477 e. The number of carbonyl (C=O) groups is 3. The molecule has 0 fully saturated rings. The first-order valence-corrected chi connectivity index (χ1v) is 32.8. The molecule has 466 valence electrons. The van der Waals surface area contributed by atoms with E-state index in [0.717, 1.165) is 122 Å². The van der Waals surface area contributed by atoms with Gasteiger partial charge in [0, 0.05) is 12.8 Å². The van der Waals surface area contributed by atoms with Crippen LogP contribution in [0.1, 0.15) is 251 Å². The number of carboxylic acids is 1. The highest BCUT2D eigenvalue weighted by Crippen LogP contribution is 2.16. The smallest absolute Gasteiger partial charge is 0.361 e. The van der Waals surface area contributed by atoms with Crippen molar-refractivity contribution in [3.63, 3.8) is 0 Å². The number of unbranched alkanes of at least 4 members (excludes halogenated alkanes) is 22. The zero-order chi connectivity index (χ0) is 59.8. The predicted octanol–water partition coefficient (Wildman–Crippen LogP) is 20.2. The summed E-state index contributed by atoms with van der Waals surface area (Å²) in [7, 11) is 5.96. The van der Waals surface area contributed by atoms with Crippen LogP contribution in [-0.2, 0) is 33.3 Å². The molecule has 0 aliphatic rings. The molecule has 0 bridgehead atoms. The van der Waals surface area contributed by atoms with Crippen LogP contribution in [0.15, 0.2) is 134 Å². The van der Waals surface area contributed by atoms with E-state index in [1.807, 2.05) is 21.1 Å². The van der Waals surface area contributed by atoms with Crippen LogP contribution in [0.25, 0.3) is 0 Å². The number of likely N-dealkylation sites (N-methyl/N-ethyl adjacent to an activating group) is 1. The van der Waals surface area contributed by atoms with Crippen molar-refractivity contribution in [2.45, 2.75) is 264 Å². The lowest BCUT2D eigenvalue weighted by atomic mass is 10.0. The van der Waals surface area contributed by atoms with Crippen molar-refractivity contribution < 1.29 is 42.9 Å². The number of hydrogen-bond acceptors (Lipinski definition) is 7. The number of nitrogens with zero attached hydrogens (tertiary/aromatic N) is 1. The molecule has 0 radical (unpaired) electrons. The fourth-order valence-corrected chi connectivity index (χ4v) is 8.67. The van der Waals surface area contributed by atoms with E-state index >= 15 is 0 Å². The minimum atomic E-state index is -1.52. The molecule has 0 aromatic carbocycles. The highest BCUT2D eigenvalue weighted by molar-refractivity contribution is 5.71. The van der Waals surface area contributed by atoms with Gasteiger partial charge < -0.3 is 28.5 Å². The van der Waals surface area contributed by atoms with Gasteiger partial charge in [-0.1, -0.05) is 276 Å². The van der Waals surface area contributed by atoms with Gasteiger partial charge in [0.25, 0.3) is 6.29 Å². The standard InChI is InChI=1S/C73H121NO8/c1-6-8-10-12-14-16-18-20-22-24-26-27-28-29-30-31-32-33-34-35-36-37-38-39-40-41-42-43-44-45-46-48-50-52-54-56-58-60-62-64-71(76)82-69(68-81-73(72(77)78)79-66-65-74(3,4)5)67-80-70(75)63-61-59-57-55-53-51-49-47-25-23-21-19-17-15-13-11-9-7-2/h8,10,14,16,20,22,26-27,29-30,32-33,35-36,38-39,41-42,44-45,48,50,69,73H,6-7,9,11-13,15,17-19,21,23-25,28,31,34,37,40,43,46-47,49,51-68H2,1-5H3/p+1/b10-8-,16-14-,22-20-,27-26-,30-29-,33-32-,36-35-,39-38-,42-41-,45-44-,50-48-. The third-order valence-electron chi connectivity index (χ3n) is 13.7. The fourth-order valence-electron chi connectivity index (χ4n) is 8.67. The summed E-state index contributed by atoms with van der Waals surface area (Å²) in [6.07, 6.45) is 86.9. The summed E-state index contributed by atoms with van der Waals surface area (Å²) in [5, 5.41) is 9.72. The lowest BCUT2D eigenvalue weighted by Gasteiger charge is -2.25. The summed E-state index contributed by atoms with van der Waals surface area (Å²) >= 11 is 0. The first-order chi connectivity index (χ1) is 40.1. The van der Waals surface area contributed by atoms with Gasteiger partial charge in [0.05, 0.1) is 34.4 Å². The number of hydrogen-bond donors (Lipinski definition) is 1. The van der Waals surface area contributed by atoms with Crippen LogP contribution in [0.2, 0.25) is 0 Å². The van der Waals surface area contributed by atoms with E-state index in [0.29, 0.717) is 23.9 Å². The molecule has 9 heteroatoms. The maximum absolute atomic E-state index is 12.9. The Labute approximate surface area is 503 Å². The molecule has 0 aliphatic carbocycles.